The topological polar surface area (TPSA) is 50.2 Å². The normalized spacial score (nSPS) is 30.8. The summed E-state index contributed by atoms with van der Waals surface area (Å²) in [6.45, 7) is 6.51. The molecule has 2 heterocycles. The van der Waals surface area contributed by atoms with Gasteiger partial charge >= 0.3 is 0 Å². The molecule has 1 fully saturated rings. The molecular weight excluding hydrogens is 300 g/mol. The van der Waals surface area contributed by atoms with Crippen LogP contribution in [0.15, 0.2) is 24.0 Å². The molecule has 1 aromatic heterocycles. The minimum Gasteiger partial charge on any atom is -0.338 e. The van der Waals surface area contributed by atoms with Gasteiger partial charge in [-0.15, -0.1) is 0 Å². The van der Waals surface area contributed by atoms with Crippen LogP contribution < -0.4 is 5.32 Å². The van der Waals surface area contributed by atoms with Crippen molar-refractivity contribution in [1.82, 2.24) is 20.0 Å². The average Bonchev–Trinajstić information content (AvgIpc) is 3.06. The molecule has 1 amide bonds. The Bertz CT molecular complexity index is 621. The third kappa shape index (κ3) is 3.41. The Morgan fingerprint density at radius 2 is 2.12 bits per heavy atom. The second-order valence-electron chi connectivity index (χ2n) is 7.63. The quantitative estimate of drug-likeness (QED) is 0.844. The van der Waals surface area contributed by atoms with Gasteiger partial charge in [-0.1, -0.05) is 18.6 Å². The fraction of sp³-hybridized carbons (Fsp3) is 0.684. The van der Waals surface area contributed by atoms with E-state index in [0.29, 0.717) is 18.3 Å². The lowest BCUT2D eigenvalue weighted by molar-refractivity contribution is -0.127. The Morgan fingerprint density at radius 1 is 1.33 bits per heavy atom. The number of aryl methyl sites for hydroxylation is 1. The number of carbonyl (C=O) groups excluding carboxylic acids is 1. The SMILES string of the molecule is CC1=CCCC(C)C1CNC[C@@H]1CC(=O)N(C)[C@H]1c1cnn(C)c1. The summed E-state index contributed by atoms with van der Waals surface area (Å²) in [5.74, 6) is 1.92. The molecule has 1 aliphatic carbocycles. The van der Waals surface area contributed by atoms with Crippen molar-refractivity contribution in [2.24, 2.45) is 24.8 Å². The molecule has 1 aliphatic heterocycles. The van der Waals surface area contributed by atoms with Gasteiger partial charge in [0.1, 0.15) is 0 Å². The lowest BCUT2D eigenvalue weighted by Crippen LogP contribution is -2.34. The molecular formula is C19H30N4O. The lowest BCUT2D eigenvalue weighted by Gasteiger charge is -2.30. The van der Waals surface area contributed by atoms with Gasteiger partial charge in [-0.2, -0.15) is 5.10 Å². The molecule has 3 rings (SSSR count). The van der Waals surface area contributed by atoms with Gasteiger partial charge in [-0.05, 0) is 31.6 Å². The highest BCUT2D eigenvalue weighted by molar-refractivity contribution is 5.79. The first-order valence-electron chi connectivity index (χ1n) is 9.09. The fourth-order valence-corrected chi connectivity index (χ4v) is 4.39. The van der Waals surface area contributed by atoms with Crippen LogP contribution in [0.3, 0.4) is 0 Å². The maximum absolute atomic E-state index is 12.2. The van der Waals surface area contributed by atoms with Crippen molar-refractivity contribution in [3.05, 3.63) is 29.6 Å². The van der Waals surface area contributed by atoms with E-state index >= 15 is 0 Å². The predicted octanol–water partition coefficient (Wildman–Crippen LogP) is 2.52. The third-order valence-electron chi connectivity index (χ3n) is 5.89. The number of nitrogens with one attached hydrogen (secondary N) is 1. The molecule has 0 spiro atoms. The summed E-state index contributed by atoms with van der Waals surface area (Å²) < 4.78 is 1.81. The number of allylic oxidation sites excluding steroid dienone is 1. The van der Waals surface area contributed by atoms with Crippen molar-refractivity contribution in [3.8, 4) is 0 Å². The third-order valence-corrected chi connectivity index (χ3v) is 5.89. The van der Waals surface area contributed by atoms with Crippen LogP contribution in [-0.2, 0) is 11.8 Å². The Balaban J connectivity index is 1.62. The van der Waals surface area contributed by atoms with E-state index in [2.05, 4.69) is 30.3 Å². The molecule has 24 heavy (non-hydrogen) atoms. The van der Waals surface area contributed by atoms with Crippen LogP contribution in [0.2, 0.25) is 0 Å². The maximum Gasteiger partial charge on any atom is 0.223 e. The molecule has 5 heteroatoms. The predicted molar refractivity (Wildman–Crippen MR) is 95.3 cm³/mol. The van der Waals surface area contributed by atoms with Crippen LogP contribution in [0, 0.1) is 17.8 Å². The van der Waals surface area contributed by atoms with Gasteiger partial charge < -0.3 is 10.2 Å². The second-order valence-corrected chi connectivity index (χ2v) is 7.63. The number of nitrogens with zero attached hydrogens (tertiary/aromatic N) is 3. The van der Waals surface area contributed by atoms with Crippen molar-refractivity contribution in [2.45, 2.75) is 39.2 Å². The summed E-state index contributed by atoms with van der Waals surface area (Å²) in [4.78, 5) is 14.1. The summed E-state index contributed by atoms with van der Waals surface area (Å²) in [5, 5.41) is 7.94. The van der Waals surface area contributed by atoms with Gasteiger partial charge in [0, 0.05) is 51.3 Å². The second kappa shape index (κ2) is 7.09. The molecule has 2 aliphatic rings. The highest BCUT2D eigenvalue weighted by Crippen LogP contribution is 2.36. The first-order chi connectivity index (χ1) is 11.5. The summed E-state index contributed by atoms with van der Waals surface area (Å²) in [7, 11) is 3.84. The average molecular weight is 330 g/mol. The van der Waals surface area contributed by atoms with Crippen molar-refractivity contribution < 1.29 is 4.79 Å². The summed E-state index contributed by atoms with van der Waals surface area (Å²) >= 11 is 0. The van der Waals surface area contributed by atoms with Gasteiger partial charge in [-0.3, -0.25) is 9.48 Å². The fourth-order valence-electron chi connectivity index (χ4n) is 4.39. The van der Waals surface area contributed by atoms with Crippen LogP contribution in [-0.4, -0.2) is 40.7 Å². The van der Waals surface area contributed by atoms with E-state index in [4.69, 9.17) is 0 Å². The van der Waals surface area contributed by atoms with E-state index < -0.39 is 0 Å². The number of hydrogen-bond donors (Lipinski definition) is 1. The molecule has 0 aromatic carbocycles. The monoisotopic (exact) mass is 330 g/mol. The van der Waals surface area contributed by atoms with Crippen LogP contribution in [0.5, 0.6) is 0 Å². The van der Waals surface area contributed by atoms with Gasteiger partial charge in [0.2, 0.25) is 5.91 Å². The van der Waals surface area contributed by atoms with E-state index in [-0.39, 0.29) is 11.9 Å². The minimum absolute atomic E-state index is 0.138. The molecule has 2 unspecified atom stereocenters. The van der Waals surface area contributed by atoms with Crippen LogP contribution in [0.1, 0.15) is 44.7 Å². The Labute approximate surface area is 145 Å². The number of rotatable bonds is 5. The van der Waals surface area contributed by atoms with E-state index in [9.17, 15) is 4.79 Å². The summed E-state index contributed by atoms with van der Waals surface area (Å²) in [5.41, 5.74) is 2.66. The standard InChI is InChI=1S/C19H30N4O/c1-13-6-5-7-14(2)17(13)11-20-9-15-8-18(24)23(4)19(15)16-10-21-22(3)12-16/h6,10,12,14-15,17,19-20H,5,7-9,11H2,1-4H3/t14?,15-,17?,19+/m0/s1. The Hall–Kier alpha value is -1.62. The first kappa shape index (κ1) is 17.2. The number of amides is 1. The molecule has 1 N–H and O–H groups in total. The highest BCUT2D eigenvalue weighted by atomic mass is 16.2. The molecule has 0 bridgehead atoms. The molecule has 0 saturated carbocycles. The zero-order valence-electron chi connectivity index (χ0n) is 15.3. The highest BCUT2D eigenvalue weighted by Gasteiger charge is 2.38. The summed E-state index contributed by atoms with van der Waals surface area (Å²) in [6, 6.07) is 0.138. The van der Waals surface area contributed by atoms with E-state index in [1.807, 2.05) is 36.1 Å². The lowest BCUT2D eigenvalue weighted by atomic mass is 9.80. The van der Waals surface area contributed by atoms with E-state index in [0.717, 1.165) is 24.6 Å². The van der Waals surface area contributed by atoms with E-state index in [1.54, 1.807) is 0 Å². The van der Waals surface area contributed by atoms with E-state index in [1.165, 1.54) is 18.4 Å². The van der Waals surface area contributed by atoms with Crippen LogP contribution >= 0.6 is 0 Å². The largest absolute Gasteiger partial charge is 0.338 e. The number of aromatic nitrogens is 2. The Kier molecular flexibility index (Phi) is 5.09. The van der Waals surface area contributed by atoms with Crippen molar-refractivity contribution in [1.29, 1.82) is 0 Å². The number of likely N-dealkylation sites (tertiary alicyclic amines) is 1. The molecule has 5 nitrogen and oxygen atoms in total. The van der Waals surface area contributed by atoms with Crippen molar-refractivity contribution in [2.75, 3.05) is 20.1 Å². The molecule has 1 saturated heterocycles. The van der Waals surface area contributed by atoms with Crippen molar-refractivity contribution in [3.63, 3.8) is 0 Å². The zero-order chi connectivity index (χ0) is 17.3. The van der Waals surface area contributed by atoms with Crippen LogP contribution in [0.25, 0.3) is 0 Å². The van der Waals surface area contributed by atoms with Gasteiger partial charge in [0.15, 0.2) is 0 Å². The van der Waals surface area contributed by atoms with Gasteiger partial charge in [-0.25, -0.2) is 0 Å². The molecule has 0 radical (unpaired) electrons. The first-order valence-corrected chi connectivity index (χ1v) is 9.09. The zero-order valence-corrected chi connectivity index (χ0v) is 15.3. The minimum atomic E-state index is 0.138. The Morgan fingerprint density at radius 3 is 2.79 bits per heavy atom. The van der Waals surface area contributed by atoms with Gasteiger partial charge in [0.05, 0.1) is 12.2 Å². The maximum atomic E-state index is 12.2. The number of hydrogen-bond acceptors (Lipinski definition) is 3. The smallest absolute Gasteiger partial charge is 0.223 e. The molecule has 132 valence electrons. The van der Waals surface area contributed by atoms with Crippen molar-refractivity contribution >= 4 is 5.91 Å². The molecule has 4 atom stereocenters. The summed E-state index contributed by atoms with van der Waals surface area (Å²) in [6.07, 6.45) is 9.43. The van der Waals surface area contributed by atoms with Gasteiger partial charge in [0.25, 0.3) is 0 Å². The number of carbonyl (C=O) groups is 1. The van der Waals surface area contributed by atoms with Crippen LogP contribution in [0.4, 0.5) is 0 Å². The molecule has 1 aromatic rings.